The zero-order valence-corrected chi connectivity index (χ0v) is 12.2. The first kappa shape index (κ1) is 17.0. The Balaban J connectivity index is 3.66. The Kier molecular flexibility index (Phi) is 11.7. The van der Waals surface area contributed by atoms with Gasteiger partial charge in [-0.1, -0.05) is 19.4 Å². The average molecular weight is 255 g/mol. The number of ether oxygens (including phenoxy) is 1. The van der Waals surface area contributed by atoms with Crippen LogP contribution in [0.5, 0.6) is 0 Å². The van der Waals surface area contributed by atoms with Gasteiger partial charge in [-0.2, -0.15) is 0 Å². The summed E-state index contributed by atoms with van der Waals surface area (Å²) in [6, 6.07) is 0. The second-order valence-corrected chi connectivity index (χ2v) is 4.29. The van der Waals surface area contributed by atoms with Crippen molar-refractivity contribution < 1.29 is 4.74 Å². The van der Waals surface area contributed by atoms with Crippen LogP contribution in [0.1, 0.15) is 32.6 Å². The van der Waals surface area contributed by atoms with Gasteiger partial charge < -0.3 is 15.0 Å². The van der Waals surface area contributed by atoms with Crippen LogP contribution in [0.3, 0.4) is 0 Å². The first-order chi connectivity index (χ1) is 8.76. The highest BCUT2D eigenvalue weighted by molar-refractivity contribution is 5.79. The fourth-order valence-corrected chi connectivity index (χ4v) is 1.55. The first-order valence-electron chi connectivity index (χ1n) is 6.86. The number of hydrogen-bond donors (Lipinski definition) is 1. The third-order valence-electron chi connectivity index (χ3n) is 2.65. The molecule has 1 N–H and O–H groups in total. The second kappa shape index (κ2) is 12.4. The lowest BCUT2D eigenvalue weighted by Crippen LogP contribution is -2.40. The van der Waals surface area contributed by atoms with Crippen LogP contribution in [-0.4, -0.2) is 51.3 Å². The van der Waals surface area contributed by atoms with Gasteiger partial charge in [-0.15, -0.1) is 6.58 Å². The molecule has 0 aliphatic heterocycles. The quantitative estimate of drug-likeness (QED) is 0.282. The zero-order chi connectivity index (χ0) is 13.6. The molecule has 106 valence electrons. The smallest absolute Gasteiger partial charge is 0.193 e. The normalized spacial score (nSPS) is 11.4. The minimum absolute atomic E-state index is 0.736. The fraction of sp³-hybridized carbons (Fsp3) is 0.786. The number of aliphatic imine (C=N–C) groups is 1. The van der Waals surface area contributed by atoms with Gasteiger partial charge in [-0.05, 0) is 19.3 Å². The van der Waals surface area contributed by atoms with E-state index in [9.17, 15) is 0 Å². The molecule has 0 radical (unpaired) electrons. The maximum Gasteiger partial charge on any atom is 0.193 e. The van der Waals surface area contributed by atoms with Crippen LogP contribution in [0.4, 0.5) is 0 Å². The highest BCUT2D eigenvalue weighted by atomic mass is 16.5. The van der Waals surface area contributed by atoms with E-state index in [1.54, 1.807) is 0 Å². The van der Waals surface area contributed by atoms with Gasteiger partial charge in [0, 0.05) is 33.8 Å². The summed E-state index contributed by atoms with van der Waals surface area (Å²) >= 11 is 0. The van der Waals surface area contributed by atoms with Crippen LogP contribution in [-0.2, 0) is 4.74 Å². The minimum Gasteiger partial charge on any atom is -0.380 e. The van der Waals surface area contributed by atoms with Gasteiger partial charge >= 0.3 is 0 Å². The van der Waals surface area contributed by atoms with Gasteiger partial charge in [0.05, 0.1) is 6.61 Å². The Bertz CT molecular complexity index is 229. The van der Waals surface area contributed by atoms with Crippen molar-refractivity contribution >= 4 is 5.96 Å². The molecule has 0 aromatic rings. The molecule has 0 saturated heterocycles. The largest absolute Gasteiger partial charge is 0.380 e. The first-order valence-corrected chi connectivity index (χ1v) is 6.86. The average Bonchev–Trinajstić information content (AvgIpc) is 2.38. The second-order valence-electron chi connectivity index (χ2n) is 4.29. The van der Waals surface area contributed by atoms with E-state index in [2.05, 4.69) is 35.8 Å². The molecule has 4 heteroatoms. The van der Waals surface area contributed by atoms with E-state index in [4.69, 9.17) is 4.74 Å². The van der Waals surface area contributed by atoms with Crippen molar-refractivity contribution in [3.05, 3.63) is 12.7 Å². The summed E-state index contributed by atoms with van der Waals surface area (Å²) in [7, 11) is 3.86. The molecule has 0 atom stereocenters. The molecular weight excluding hydrogens is 226 g/mol. The Hall–Kier alpha value is -1.03. The number of unbranched alkanes of at least 4 members (excludes halogenated alkanes) is 2. The molecule has 0 aliphatic rings. The van der Waals surface area contributed by atoms with Crippen molar-refractivity contribution in [3.63, 3.8) is 0 Å². The van der Waals surface area contributed by atoms with E-state index in [0.717, 1.165) is 51.5 Å². The number of nitrogens with zero attached hydrogens (tertiary/aromatic N) is 2. The van der Waals surface area contributed by atoms with Crippen LogP contribution < -0.4 is 5.32 Å². The molecule has 0 aliphatic carbocycles. The maximum absolute atomic E-state index is 5.50. The molecule has 0 rings (SSSR count). The van der Waals surface area contributed by atoms with E-state index in [1.807, 2.05) is 13.1 Å². The summed E-state index contributed by atoms with van der Waals surface area (Å²) in [5.41, 5.74) is 0. The molecule has 0 heterocycles. The minimum atomic E-state index is 0.736. The maximum atomic E-state index is 5.50. The lowest BCUT2D eigenvalue weighted by Gasteiger charge is -2.21. The molecule has 0 bridgehead atoms. The fourth-order valence-electron chi connectivity index (χ4n) is 1.55. The monoisotopic (exact) mass is 255 g/mol. The van der Waals surface area contributed by atoms with Crippen LogP contribution >= 0.6 is 0 Å². The molecule has 0 fully saturated rings. The topological polar surface area (TPSA) is 36.9 Å². The Morgan fingerprint density at radius 3 is 2.78 bits per heavy atom. The molecule has 0 aromatic heterocycles. The highest BCUT2D eigenvalue weighted by Gasteiger charge is 2.03. The van der Waals surface area contributed by atoms with Gasteiger partial charge in [0.15, 0.2) is 5.96 Å². The van der Waals surface area contributed by atoms with Crippen molar-refractivity contribution in [1.82, 2.24) is 10.2 Å². The number of nitrogens with one attached hydrogen (secondary N) is 1. The summed E-state index contributed by atoms with van der Waals surface area (Å²) in [4.78, 5) is 6.39. The SMILES string of the molecule is C=CCCCN(C)C(=NC)NCCOCCCC. The Labute approximate surface area is 112 Å². The molecule has 0 saturated carbocycles. The van der Waals surface area contributed by atoms with Crippen molar-refractivity contribution in [2.45, 2.75) is 32.6 Å². The Morgan fingerprint density at radius 2 is 2.17 bits per heavy atom. The number of allylic oxidation sites excluding steroid dienone is 1. The van der Waals surface area contributed by atoms with Crippen LogP contribution in [0, 0.1) is 0 Å². The Morgan fingerprint density at radius 1 is 1.39 bits per heavy atom. The highest BCUT2D eigenvalue weighted by Crippen LogP contribution is 1.94. The molecule has 0 spiro atoms. The number of hydrogen-bond acceptors (Lipinski definition) is 2. The van der Waals surface area contributed by atoms with Crippen molar-refractivity contribution in [1.29, 1.82) is 0 Å². The van der Waals surface area contributed by atoms with Gasteiger partial charge in [0.1, 0.15) is 0 Å². The van der Waals surface area contributed by atoms with Crippen LogP contribution in [0.2, 0.25) is 0 Å². The van der Waals surface area contributed by atoms with Crippen molar-refractivity contribution in [3.8, 4) is 0 Å². The molecule has 4 nitrogen and oxygen atoms in total. The molecule has 0 aromatic carbocycles. The predicted octanol–water partition coefficient (Wildman–Crippen LogP) is 2.28. The van der Waals surface area contributed by atoms with E-state index in [0.29, 0.717) is 0 Å². The van der Waals surface area contributed by atoms with Crippen molar-refractivity contribution in [2.24, 2.45) is 4.99 Å². The molecule has 0 unspecified atom stereocenters. The van der Waals surface area contributed by atoms with Gasteiger partial charge in [-0.3, -0.25) is 4.99 Å². The standard InChI is InChI=1S/C14H29N3O/c1-5-7-9-11-17(4)14(15-3)16-10-13-18-12-8-6-2/h5H,1,6-13H2,2-4H3,(H,15,16). The predicted molar refractivity (Wildman–Crippen MR) is 79.1 cm³/mol. The third-order valence-corrected chi connectivity index (χ3v) is 2.65. The van der Waals surface area contributed by atoms with Gasteiger partial charge in [-0.25, -0.2) is 0 Å². The van der Waals surface area contributed by atoms with Gasteiger partial charge in [0.25, 0.3) is 0 Å². The number of guanidine groups is 1. The van der Waals surface area contributed by atoms with Crippen LogP contribution in [0.15, 0.2) is 17.6 Å². The summed E-state index contributed by atoms with van der Waals surface area (Å²) in [5.74, 6) is 0.929. The van der Waals surface area contributed by atoms with E-state index in [-0.39, 0.29) is 0 Å². The molecule has 0 amide bonds. The summed E-state index contributed by atoms with van der Waals surface area (Å²) in [5, 5.41) is 3.30. The lowest BCUT2D eigenvalue weighted by molar-refractivity contribution is 0.135. The lowest BCUT2D eigenvalue weighted by atomic mass is 10.3. The molecular formula is C14H29N3O. The van der Waals surface area contributed by atoms with E-state index >= 15 is 0 Å². The third kappa shape index (κ3) is 9.05. The molecule has 18 heavy (non-hydrogen) atoms. The summed E-state index contributed by atoms with van der Waals surface area (Å²) < 4.78 is 5.50. The van der Waals surface area contributed by atoms with E-state index in [1.165, 1.54) is 6.42 Å². The zero-order valence-electron chi connectivity index (χ0n) is 12.2. The number of rotatable bonds is 10. The summed E-state index contributed by atoms with van der Waals surface area (Å²) in [6.45, 7) is 9.28. The van der Waals surface area contributed by atoms with Crippen LogP contribution in [0.25, 0.3) is 0 Å². The van der Waals surface area contributed by atoms with E-state index < -0.39 is 0 Å². The van der Waals surface area contributed by atoms with Gasteiger partial charge in [0.2, 0.25) is 0 Å². The summed E-state index contributed by atoms with van der Waals surface area (Å²) in [6.07, 6.45) is 6.41. The van der Waals surface area contributed by atoms with Crippen molar-refractivity contribution in [2.75, 3.05) is 40.4 Å².